The fourth-order valence-electron chi connectivity index (χ4n) is 2.49. The Morgan fingerprint density at radius 1 is 1.32 bits per heavy atom. The van der Waals surface area contributed by atoms with Gasteiger partial charge in [0.1, 0.15) is 6.17 Å². The topological polar surface area (TPSA) is 32.3 Å². The predicted molar refractivity (Wildman–Crippen MR) is 80.1 cm³/mol. The molecule has 0 aromatic heterocycles. The standard InChI is InChI=1S/C15H22N2OS/c1-10(2)9-13-15(18)17(3)14(16-13)11-5-7-12(19-4)8-6-11/h5-8,10,13-14,16H,9H2,1-4H3. The first-order chi connectivity index (χ1) is 9.02. The number of nitrogens with one attached hydrogen (secondary N) is 1. The van der Waals surface area contributed by atoms with Gasteiger partial charge in [-0.3, -0.25) is 10.1 Å². The Hall–Kier alpha value is -1.00. The van der Waals surface area contributed by atoms with Crippen molar-refractivity contribution in [3.8, 4) is 0 Å². The number of hydrogen-bond acceptors (Lipinski definition) is 3. The monoisotopic (exact) mass is 278 g/mol. The third kappa shape index (κ3) is 3.12. The summed E-state index contributed by atoms with van der Waals surface area (Å²) >= 11 is 1.73. The van der Waals surface area contributed by atoms with Crippen LogP contribution >= 0.6 is 11.8 Å². The predicted octanol–water partition coefficient (Wildman–Crippen LogP) is 2.88. The zero-order chi connectivity index (χ0) is 14.0. The van der Waals surface area contributed by atoms with Crippen molar-refractivity contribution >= 4 is 17.7 Å². The van der Waals surface area contributed by atoms with E-state index in [-0.39, 0.29) is 18.1 Å². The summed E-state index contributed by atoms with van der Waals surface area (Å²) in [5.41, 5.74) is 1.15. The lowest BCUT2D eigenvalue weighted by molar-refractivity contribution is -0.129. The van der Waals surface area contributed by atoms with Crippen LogP contribution in [-0.2, 0) is 4.79 Å². The second-order valence-electron chi connectivity index (χ2n) is 5.47. The first kappa shape index (κ1) is 14.4. The van der Waals surface area contributed by atoms with Gasteiger partial charge < -0.3 is 4.90 Å². The Balaban J connectivity index is 2.14. The normalized spacial score (nSPS) is 23.4. The Labute approximate surface area is 119 Å². The van der Waals surface area contributed by atoms with Gasteiger partial charge in [0.25, 0.3) is 0 Å². The average Bonchev–Trinajstić information content (AvgIpc) is 2.67. The van der Waals surface area contributed by atoms with Gasteiger partial charge in [-0.15, -0.1) is 11.8 Å². The summed E-state index contributed by atoms with van der Waals surface area (Å²) in [5, 5.41) is 3.45. The van der Waals surface area contributed by atoms with Gasteiger partial charge in [-0.1, -0.05) is 26.0 Å². The van der Waals surface area contributed by atoms with Crippen molar-refractivity contribution in [3.63, 3.8) is 0 Å². The summed E-state index contributed by atoms with van der Waals surface area (Å²) in [4.78, 5) is 15.3. The Kier molecular flexibility index (Phi) is 4.53. The van der Waals surface area contributed by atoms with Gasteiger partial charge in [0.2, 0.25) is 5.91 Å². The molecule has 2 rings (SSSR count). The fraction of sp³-hybridized carbons (Fsp3) is 0.533. The number of benzene rings is 1. The minimum Gasteiger partial charge on any atom is -0.325 e. The van der Waals surface area contributed by atoms with Crippen LogP contribution in [0.25, 0.3) is 0 Å². The quantitative estimate of drug-likeness (QED) is 0.860. The number of amides is 1. The molecule has 0 saturated carbocycles. The second kappa shape index (κ2) is 5.97. The maximum absolute atomic E-state index is 12.2. The van der Waals surface area contributed by atoms with Crippen LogP contribution in [0.2, 0.25) is 0 Å². The summed E-state index contributed by atoms with van der Waals surface area (Å²) in [5.74, 6) is 0.722. The first-order valence-electron chi connectivity index (χ1n) is 6.69. The van der Waals surface area contributed by atoms with Crippen LogP contribution in [0.4, 0.5) is 0 Å². The molecule has 2 unspecified atom stereocenters. The van der Waals surface area contributed by atoms with Crippen molar-refractivity contribution < 1.29 is 4.79 Å². The highest BCUT2D eigenvalue weighted by molar-refractivity contribution is 7.98. The van der Waals surface area contributed by atoms with Crippen molar-refractivity contribution in [2.24, 2.45) is 5.92 Å². The summed E-state index contributed by atoms with van der Waals surface area (Å²) in [6, 6.07) is 8.37. The van der Waals surface area contributed by atoms with Crippen molar-refractivity contribution in [1.82, 2.24) is 10.2 Å². The number of carbonyl (C=O) groups is 1. The molecule has 2 atom stereocenters. The number of carbonyl (C=O) groups excluding carboxylic acids is 1. The number of hydrogen-bond donors (Lipinski definition) is 1. The molecule has 1 aliphatic rings. The molecule has 1 fully saturated rings. The maximum Gasteiger partial charge on any atom is 0.241 e. The fourth-order valence-corrected chi connectivity index (χ4v) is 2.90. The van der Waals surface area contributed by atoms with Crippen LogP contribution in [0.15, 0.2) is 29.2 Å². The third-order valence-electron chi connectivity index (χ3n) is 3.53. The van der Waals surface area contributed by atoms with Gasteiger partial charge in [-0.05, 0) is 36.3 Å². The van der Waals surface area contributed by atoms with Crippen molar-refractivity contribution in [3.05, 3.63) is 29.8 Å². The number of likely N-dealkylation sites (N-methyl/N-ethyl adjacent to an activating group) is 1. The van der Waals surface area contributed by atoms with Gasteiger partial charge in [-0.25, -0.2) is 0 Å². The minimum absolute atomic E-state index is 0.00663. The molecular formula is C15H22N2OS. The van der Waals surface area contributed by atoms with E-state index in [0.29, 0.717) is 5.92 Å². The number of rotatable bonds is 4. The molecule has 0 spiro atoms. The highest BCUT2D eigenvalue weighted by Crippen LogP contribution is 2.27. The molecule has 1 aromatic carbocycles. The molecule has 4 heteroatoms. The van der Waals surface area contributed by atoms with Crippen molar-refractivity contribution in [2.75, 3.05) is 13.3 Å². The van der Waals surface area contributed by atoms with Crippen molar-refractivity contribution in [2.45, 2.75) is 37.4 Å². The van der Waals surface area contributed by atoms with E-state index in [4.69, 9.17) is 0 Å². The molecule has 1 aromatic rings. The van der Waals surface area contributed by atoms with E-state index >= 15 is 0 Å². The Bertz CT molecular complexity index is 444. The molecule has 1 heterocycles. The maximum atomic E-state index is 12.2. The zero-order valence-corrected chi connectivity index (χ0v) is 12.8. The van der Waals surface area contributed by atoms with Gasteiger partial charge in [0, 0.05) is 11.9 Å². The van der Waals surface area contributed by atoms with Crippen molar-refractivity contribution in [1.29, 1.82) is 0 Å². The number of thioether (sulfide) groups is 1. The molecule has 1 N–H and O–H groups in total. The molecule has 1 amide bonds. The lowest BCUT2D eigenvalue weighted by Crippen LogP contribution is -2.30. The highest BCUT2D eigenvalue weighted by Gasteiger charge is 2.37. The Morgan fingerprint density at radius 2 is 1.95 bits per heavy atom. The van der Waals surface area contributed by atoms with E-state index in [2.05, 4.69) is 49.7 Å². The van der Waals surface area contributed by atoms with Crippen LogP contribution in [0.5, 0.6) is 0 Å². The van der Waals surface area contributed by atoms with Crippen LogP contribution < -0.4 is 5.32 Å². The number of nitrogens with zero attached hydrogens (tertiary/aromatic N) is 1. The smallest absolute Gasteiger partial charge is 0.241 e. The van der Waals surface area contributed by atoms with Crippen LogP contribution in [0.3, 0.4) is 0 Å². The summed E-state index contributed by atoms with van der Waals surface area (Å²) in [7, 11) is 1.88. The molecule has 19 heavy (non-hydrogen) atoms. The average molecular weight is 278 g/mol. The lowest BCUT2D eigenvalue weighted by atomic mass is 10.0. The van der Waals surface area contributed by atoms with E-state index < -0.39 is 0 Å². The van der Waals surface area contributed by atoms with E-state index in [1.807, 2.05) is 11.9 Å². The minimum atomic E-state index is -0.0461. The summed E-state index contributed by atoms with van der Waals surface area (Å²) in [6.45, 7) is 4.30. The summed E-state index contributed by atoms with van der Waals surface area (Å²) in [6.07, 6.45) is 2.96. The van der Waals surface area contributed by atoms with Crippen LogP contribution in [0.1, 0.15) is 32.0 Å². The highest BCUT2D eigenvalue weighted by atomic mass is 32.2. The molecule has 0 radical (unpaired) electrons. The molecular weight excluding hydrogens is 256 g/mol. The summed E-state index contributed by atoms with van der Waals surface area (Å²) < 4.78 is 0. The SMILES string of the molecule is CSc1ccc(C2NC(CC(C)C)C(=O)N2C)cc1. The molecule has 3 nitrogen and oxygen atoms in total. The largest absolute Gasteiger partial charge is 0.325 e. The van der Waals surface area contributed by atoms with Gasteiger partial charge >= 0.3 is 0 Å². The van der Waals surface area contributed by atoms with E-state index in [1.165, 1.54) is 4.90 Å². The van der Waals surface area contributed by atoms with Gasteiger partial charge in [0.05, 0.1) is 6.04 Å². The molecule has 1 saturated heterocycles. The Morgan fingerprint density at radius 3 is 2.47 bits per heavy atom. The third-order valence-corrected chi connectivity index (χ3v) is 4.27. The molecule has 1 aliphatic heterocycles. The van der Waals surface area contributed by atoms with E-state index in [9.17, 15) is 4.79 Å². The van der Waals surface area contributed by atoms with Gasteiger partial charge in [0.15, 0.2) is 0 Å². The molecule has 0 aliphatic carbocycles. The van der Waals surface area contributed by atoms with Crippen LogP contribution in [-0.4, -0.2) is 30.2 Å². The van der Waals surface area contributed by atoms with Gasteiger partial charge in [-0.2, -0.15) is 0 Å². The molecule has 0 bridgehead atoms. The van der Waals surface area contributed by atoms with Crippen LogP contribution in [0, 0.1) is 5.92 Å². The lowest BCUT2D eigenvalue weighted by Gasteiger charge is -2.19. The first-order valence-corrected chi connectivity index (χ1v) is 7.92. The van der Waals surface area contributed by atoms with E-state index in [1.54, 1.807) is 11.8 Å². The molecule has 104 valence electrons. The second-order valence-corrected chi connectivity index (χ2v) is 6.35. The van der Waals surface area contributed by atoms with E-state index in [0.717, 1.165) is 12.0 Å². The zero-order valence-electron chi connectivity index (χ0n) is 12.0.